The van der Waals surface area contributed by atoms with E-state index in [1.165, 1.54) is 0 Å². The lowest BCUT2D eigenvalue weighted by molar-refractivity contribution is -0.134. The van der Waals surface area contributed by atoms with Crippen LogP contribution in [0.25, 0.3) is 5.69 Å². The van der Waals surface area contributed by atoms with E-state index < -0.39 is 17.5 Å². The largest absolute Gasteiger partial charge is 0.445 e. The Labute approximate surface area is 160 Å². The number of nitrogens with one attached hydrogen (secondary N) is 1. The quantitative estimate of drug-likeness (QED) is 0.703. The summed E-state index contributed by atoms with van der Waals surface area (Å²) in [5.41, 5.74) is 1.26. The van der Waals surface area contributed by atoms with E-state index in [1.54, 1.807) is 60.5 Å². The number of cyclic esters (lactones) is 1. The molecular weight excluding hydrogens is 366 g/mol. The van der Waals surface area contributed by atoms with Crippen molar-refractivity contribution >= 4 is 29.2 Å². The van der Waals surface area contributed by atoms with Crippen molar-refractivity contribution in [3.8, 4) is 5.69 Å². The number of imidazole rings is 1. The number of benzene rings is 2. The number of esters is 1. The number of anilines is 1. The van der Waals surface area contributed by atoms with Gasteiger partial charge < -0.3 is 14.6 Å². The van der Waals surface area contributed by atoms with E-state index in [-0.39, 0.29) is 0 Å². The highest BCUT2D eigenvalue weighted by atomic mass is 35.5. The van der Waals surface area contributed by atoms with Crippen molar-refractivity contribution in [2.45, 2.75) is 18.9 Å². The van der Waals surface area contributed by atoms with Gasteiger partial charge in [-0.3, -0.25) is 4.79 Å². The lowest BCUT2D eigenvalue weighted by Gasteiger charge is -2.33. The number of fused-ring (bicyclic) bond motifs is 1. The summed E-state index contributed by atoms with van der Waals surface area (Å²) in [5, 5.41) is 3.25. The molecule has 1 N–H and O–H groups in total. The third kappa shape index (κ3) is 3.19. The lowest BCUT2D eigenvalue weighted by atomic mass is 9.89. The SMILES string of the molecule is CC1(C(=O)Nc2ccc(-n3ccnc3)c(Cl)c2)Cc2ccccc2C(=O)O1. The molecule has 2 heterocycles. The van der Waals surface area contributed by atoms with E-state index in [1.807, 2.05) is 12.1 Å². The number of hydrogen-bond donors (Lipinski definition) is 1. The molecule has 1 aliphatic rings. The van der Waals surface area contributed by atoms with Crippen LogP contribution in [0.2, 0.25) is 5.02 Å². The van der Waals surface area contributed by atoms with Crippen molar-refractivity contribution in [3.63, 3.8) is 0 Å². The van der Waals surface area contributed by atoms with Crippen LogP contribution in [0.1, 0.15) is 22.8 Å². The van der Waals surface area contributed by atoms with Crippen LogP contribution >= 0.6 is 11.6 Å². The van der Waals surface area contributed by atoms with Gasteiger partial charge in [-0.25, -0.2) is 9.78 Å². The summed E-state index contributed by atoms with van der Waals surface area (Å²) in [6.07, 6.45) is 5.38. The second-order valence-corrected chi connectivity index (χ2v) is 6.95. The number of hydrogen-bond acceptors (Lipinski definition) is 4. The molecule has 1 aromatic heterocycles. The van der Waals surface area contributed by atoms with Crippen LogP contribution in [0.5, 0.6) is 0 Å². The minimum Gasteiger partial charge on any atom is -0.445 e. The molecule has 136 valence electrons. The fraction of sp³-hybridized carbons (Fsp3) is 0.150. The van der Waals surface area contributed by atoms with Crippen LogP contribution in [0.15, 0.2) is 61.2 Å². The number of amides is 1. The molecule has 1 unspecified atom stereocenters. The number of carbonyl (C=O) groups is 2. The van der Waals surface area contributed by atoms with Gasteiger partial charge >= 0.3 is 5.97 Å². The first-order chi connectivity index (χ1) is 13.0. The molecule has 1 atom stereocenters. The lowest BCUT2D eigenvalue weighted by Crippen LogP contribution is -2.48. The first-order valence-corrected chi connectivity index (χ1v) is 8.75. The van der Waals surface area contributed by atoms with Gasteiger partial charge in [0, 0.05) is 24.5 Å². The van der Waals surface area contributed by atoms with Gasteiger partial charge in [-0.05, 0) is 36.8 Å². The Morgan fingerprint density at radius 2 is 2.11 bits per heavy atom. The summed E-state index contributed by atoms with van der Waals surface area (Å²) < 4.78 is 7.22. The Balaban J connectivity index is 1.56. The van der Waals surface area contributed by atoms with Crippen LogP contribution < -0.4 is 5.32 Å². The molecule has 0 saturated carbocycles. The Bertz CT molecular complexity index is 1030. The third-order valence-corrected chi connectivity index (χ3v) is 4.85. The minimum atomic E-state index is -1.29. The summed E-state index contributed by atoms with van der Waals surface area (Å²) in [6.45, 7) is 1.61. The Hall–Kier alpha value is -3.12. The Morgan fingerprint density at radius 3 is 2.85 bits per heavy atom. The van der Waals surface area contributed by atoms with Crippen molar-refractivity contribution in [2.75, 3.05) is 5.32 Å². The average molecular weight is 382 g/mol. The molecule has 2 aromatic carbocycles. The van der Waals surface area contributed by atoms with Crippen LogP contribution in [-0.4, -0.2) is 27.0 Å². The molecule has 7 heteroatoms. The van der Waals surface area contributed by atoms with Gasteiger partial charge in [0.15, 0.2) is 5.60 Å². The smallest absolute Gasteiger partial charge is 0.339 e. The van der Waals surface area contributed by atoms with E-state index >= 15 is 0 Å². The summed E-state index contributed by atoms with van der Waals surface area (Å²) in [7, 11) is 0. The van der Waals surface area contributed by atoms with Crippen molar-refractivity contribution in [2.24, 2.45) is 0 Å². The van der Waals surface area contributed by atoms with Gasteiger partial charge in [-0.15, -0.1) is 0 Å². The number of ether oxygens (including phenoxy) is 1. The highest BCUT2D eigenvalue weighted by molar-refractivity contribution is 6.32. The van der Waals surface area contributed by atoms with E-state index in [0.29, 0.717) is 22.7 Å². The van der Waals surface area contributed by atoms with Crippen molar-refractivity contribution in [3.05, 3.63) is 77.3 Å². The topological polar surface area (TPSA) is 73.2 Å². The predicted molar refractivity (Wildman–Crippen MR) is 101 cm³/mol. The molecule has 1 aliphatic heterocycles. The molecular formula is C20H16ClN3O3. The van der Waals surface area contributed by atoms with Crippen LogP contribution in [0.3, 0.4) is 0 Å². The molecule has 3 aromatic rings. The zero-order valence-corrected chi connectivity index (χ0v) is 15.2. The molecule has 1 amide bonds. The van der Waals surface area contributed by atoms with Gasteiger partial charge in [0.05, 0.1) is 22.6 Å². The van der Waals surface area contributed by atoms with Gasteiger partial charge in [0.1, 0.15) is 0 Å². The molecule has 0 bridgehead atoms. The van der Waals surface area contributed by atoms with Crippen LogP contribution in [-0.2, 0) is 16.0 Å². The minimum absolute atomic E-state index is 0.307. The highest BCUT2D eigenvalue weighted by Gasteiger charge is 2.42. The van der Waals surface area contributed by atoms with Crippen molar-refractivity contribution < 1.29 is 14.3 Å². The molecule has 4 rings (SSSR count). The first-order valence-electron chi connectivity index (χ1n) is 8.37. The van der Waals surface area contributed by atoms with Gasteiger partial charge in [-0.2, -0.15) is 0 Å². The van der Waals surface area contributed by atoms with E-state index in [9.17, 15) is 9.59 Å². The van der Waals surface area contributed by atoms with Crippen LogP contribution in [0.4, 0.5) is 5.69 Å². The van der Waals surface area contributed by atoms with Crippen LogP contribution in [0, 0.1) is 0 Å². The normalized spacial score (nSPS) is 18.5. The van der Waals surface area contributed by atoms with E-state index in [0.717, 1.165) is 11.3 Å². The first kappa shape index (κ1) is 17.3. The number of nitrogens with zero attached hydrogens (tertiary/aromatic N) is 2. The standard InChI is InChI=1S/C20H16ClN3O3/c1-20(11-13-4-2-3-5-15(13)18(25)27-20)19(26)23-14-6-7-17(16(21)10-14)24-9-8-22-12-24/h2-10,12H,11H2,1H3,(H,23,26). The summed E-state index contributed by atoms with van der Waals surface area (Å²) in [5.74, 6) is -0.903. The summed E-state index contributed by atoms with van der Waals surface area (Å²) in [6, 6.07) is 12.3. The monoisotopic (exact) mass is 381 g/mol. The maximum absolute atomic E-state index is 12.8. The fourth-order valence-corrected chi connectivity index (χ4v) is 3.40. The number of carbonyl (C=O) groups excluding carboxylic acids is 2. The zero-order chi connectivity index (χ0) is 19.0. The molecule has 0 radical (unpaired) electrons. The highest BCUT2D eigenvalue weighted by Crippen LogP contribution is 2.30. The fourth-order valence-electron chi connectivity index (χ4n) is 3.12. The zero-order valence-electron chi connectivity index (χ0n) is 14.5. The number of halogens is 1. The predicted octanol–water partition coefficient (Wildman–Crippen LogP) is 3.64. The summed E-state index contributed by atoms with van der Waals surface area (Å²) >= 11 is 6.33. The second kappa shape index (κ2) is 6.55. The Morgan fingerprint density at radius 1 is 1.30 bits per heavy atom. The van der Waals surface area contributed by atoms with E-state index in [4.69, 9.17) is 16.3 Å². The Kier molecular flexibility index (Phi) is 4.20. The molecule has 0 fully saturated rings. The second-order valence-electron chi connectivity index (χ2n) is 6.54. The summed E-state index contributed by atoms with van der Waals surface area (Å²) in [4.78, 5) is 29.1. The van der Waals surface area contributed by atoms with Gasteiger partial charge in [0.2, 0.25) is 0 Å². The molecule has 27 heavy (non-hydrogen) atoms. The molecule has 0 spiro atoms. The number of aromatic nitrogens is 2. The maximum atomic E-state index is 12.8. The maximum Gasteiger partial charge on any atom is 0.339 e. The molecule has 0 saturated heterocycles. The third-order valence-electron chi connectivity index (χ3n) is 4.55. The van der Waals surface area contributed by atoms with Gasteiger partial charge in [0.25, 0.3) is 5.91 Å². The van der Waals surface area contributed by atoms with Crippen molar-refractivity contribution in [1.82, 2.24) is 9.55 Å². The van der Waals surface area contributed by atoms with Crippen molar-refractivity contribution in [1.29, 1.82) is 0 Å². The molecule has 0 aliphatic carbocycles. The van der Waals surface area contributed by atoms with E-state index in [2.05, 4.69) is 10.3 Å². The average Bonchev–Trinajstić information content (AvgIpc) is 3.16. The number of rotatable bonds is 3. The van der Waals surface area contributed by atoms with Gasteiger partial charge in [-0.1, -0.05) is 29.8 Å². The molecule has 6 nitrogen and oxygen atoms in total.